The van der Waals surface area contributed by atoms with Gasteiger partial charge in [-0.25, -0.2) is 0 Å². The normalized spacial score (nSPS) is 10.8. The van der Waals surface area contributed by atoms with Gasteiger partial charge in [0.25, 0.3) is 0 Å². The van der Waals surface area contributed by atoms with Crippen LogP contribution in [0.1, 0.15) is 12.5 Å². The number of hydrogen-bond donors (Lipinski definition) is 3. The zero-order valence-corrected chi connectivity index (χ0v) is 12.8. The molecule has 0 unspecified atom stereocenters. The molecule has 0 amide bonds. The van der Waals surface area contributed by atoms with E-state index in [-0.39, 0.29) is 11.5 Å². The molecule has 0 fully saturated rings. The minimum absolute atomic E-state index is 0.00534. The number of hydrogen-bond acceptors (Lipinski definition) is 4. The molecule has 3 aromatic rings. The summed E-state index contributed by atoms with van der Waals surface area (Å²) in [5.41, 5.74) is 2.58. The van der Waals surface area contributed by atoms with Crippen molar-refractivity contribution in [3.05, 3.63) is 52.8 Å². The van der Waals surface area contributed by atoms with E-state index < -0.39 is 0 Å². The first-order valence-electron chi connectivity index (χ1n) is 6.89. The Morgan fingerprint density at radius 1 is 1.14 bits per heavy atom. The van der Waals surface area contributed by atoms with Gasteiger partial charge in [0.1, 0.15) is 11.5 Å². The van der Waals surface area contributed by atoms with Gasteiger partial charge in [0, 0.05) is 11.8 Å². The average Bonchev–Trinajstić information content (AvgIpc) is 2.89. The molecule has 22 heavy (non-hydrogen) atoms. The van der Waals surface area contributed by atoms with Crippen LogP contribution in [0, 0.1) is 4.77 Å². The zero-order chi connectivity index (χ0) is 15.7. The first-order chi connectivity index (χ1) is 10.6. The molecule has 1 heterocycles. The van der Waals surface area contributed by atoms with E-state index in [1.165, 1.54) is 17.7 Å². The summed E-state index contributed by atoms with van der Waals surface area (Å²) in [6, 6.07) is 12.4. The van der Waals surface area contributed by atoms with Crippen LogP contribution < -0.4 is 0 Å². The van der Waals surface area contributed by atoms with Crippen molar-refractivity contribution >= 4 is 12.2 Å². The molecule has 5 nitrogen and oxygen atoms in total. The van der Waals surface area contributed by atoms with E-state index in [2.05, 4.69) is 17.1 Å². The number of aromatic nitrogens is 3. The van der Waals surface area contributed by atoms with Gasteiger partial charge in [-0.1, -0.05) is 19.1 Å². The molecule has 0 spiro atoms. The van der Waals surface area contributed by atoms with Crippen LogP contribution in [-0.4, -0.2) is 25.0 Å². The Kier molecular flexibility index (Phi) is 3.68. The van der Waals surface area contributed by atoms with Crippen molar-refractivity contribution in [1.82, 2.24) is 14.8 Å². The van der Waals surface area contributed by atoms with Gasteiger partial charge in [0.2, 0.25) is 0 Å². The topological polar surface area (TPSA) is 74.1 Å². The lowest BCUT2D eigenvalue weighted by Gasteiger charge is -2.09. The minimum atomic E-state index is -0.0552. The summed E-state index contributed by atoms with van der Waals surface area (Å²) in [6.07, 6.45) is 0.961. The SMILES string of the molecule is CCc1ccc(-n2c(-c3ccc(O)cc3O)n[nH]c2=S)cc1. The Balaban J connectivity index is 2.16. The van der Waals surface area contributed by atoms with Crippen LogP contribution in [0.25, 0.3) is 17.1 Å². The van der Waals surface area contributed by atoms with E-state index in [0.717, 1.165) is 12.1 Å². The molecule has 3 N–H and O–H groups in total. The van der Waals surface area contributed by atoms with E-state index in [4.69, 9.17) is 12.2 Å². The second kappa shape index (κ2) is 5.65. The van der Waals surface area contributed by atoms with E-state index >= 15 is 0 Å². The number of aromatic amines is 1. The molecule has 0 bridgehead atoms. The maximum atomic E-state index is 10.0. The summed E-state index contributed by atoms with van der Waals surface area (Å²) in [5, 5.41) is 26.4. The molecule has 0 aliphatic heterocycles. The second-order valence-electron chi connectivity index (χ2n) is 4.91. The molecular weight excluding hydrogens is 298 g/mol. The Labute approximate surface area is 132 Å². The summed E-state index contributed by atoms with van der Waals surface area (Å²) < 4.78 is 2.19. The van der Waals surface area contributed by atoms with Crippen LogP contribution in [0.2, 0.25) is 0 Å². The summed E-state index contributed by atoms with van der Waals surface area (Å²) in [6.45, 7) is 2.10. The Bertz CT molecular complexity index is 866. The maximum Gasteiger partial charge on any atom is 0.200 e. The van der Waals surface area contributed by atoms with Gasteiger partial charge in [-0.05, 0) is 48.5 Å². The molecule has 3 rings (SSSR count). The van der Waals surface area contributed by atoms with E-state index in [0.29, 0.717) is 16.2 Å². The first-order valence-corrected chi connectivity index (χ1v) is 7.30. The number of aryl methyl sites for hydroxylation is 1. The fourth-order valence-electron chi connectivity index (χ4n) is 2.31. The van der Waals surface area contributed by atoms with Gasteiger partial charge in [0.15, 0.2) is 10.6 Å². The molecule has 0 saturated heterocycles. The summed E-state index contributed by atoms with van der Waals surface area (Å²) >= 11 is 5.30. The Hall–Kier alpha value is -2.60. The molecule has 1 aromatic heterocycles. The van der Waals surface area contributed by atoms with Crippen LogP contribution in [-0.2, 0) is 6.42 Å². The van der Waals surface area contributed by atoms with Crippen molar-refractivity contribution in [3.63, 3.8) is 0 Å². The van der Waals surface area contributed by atoms with Crippen molar-refractivity contribution in [1.29, 1.82) is 0 Å². The van der Waals surface area contributed by atoms with Gasteiger partial charge >= 0.3 is 0 Å². The van der Waals surface area contributed by atoms with Crippen molar-refractivity contribution in [2.45, 2.75) is 13.3 Å². The smallest absolute Gasteiger partial charge is 0.200 e. The first kappa shape index (κ1) is 14.3. The lowest BCUT2D eigenvalue weighted by atomic mass is 10.1. The van der Waals surface area contributed by atoms with Gasteiger partial charge in [-0.3, -0.25) is 9.67 Å². The van der Waals surface area contributed by atoms with E-state index in [1.54, 1.807) is 10.6 Å². The minimum Gasteiger partial charge on any atom is -0.508 e. The number of H-pyrrole nitrogens is 1. The van der Waals surface area contributed by atoms with E-state index in [9.17, 15) is 10.2 Å². The number of phenolic OH excluding ortho intramolecular Hbond substituents is 2. The van der Waals surface area contributed by atoms with Crippen molar-refractivity contribution in [2.75, 3.05) is 0 Å². The lowest BCUT2D eigenvalue weighted by Crippen LogP contribution is -1.98. The maximum absolute atomic E-state index is 10.0. The molecule has 112 valence electrons. The van der Waals surface area contributed by atoms with Crippen LogP contribution in [0.5, 0.6) is 11.5 Å². The van der Waals surface area contributed by atoms with Crippen LogP contribution >= 0.6 is 12.2 Å². The second-order valence-corrected chi connectivity index (χ2v) is 5.30. The molecule has 0 saturated carbocycles. The van der Waals surface area contributed by atoms with Gasteiger partial charge in [-0.15, -0.1) is 0 Å². The molecule has 0 aliphatic carbocycles. The summed E-state index contributed by atoms with van der Waals surface area (Å²) in [7, 11) is 0. The summed E-state index contributed by atoms with van der Waals surface area (Å²) in [5.74, 6) is 0.432. The lowest BCUT2D eigenvalue weighted by molar-refractivity contribution is 0.451. The average molecular weight is 313 g/mol. The molecule has 0 atom stereocenters. The van der Waals surface area contributed by atoms with Crippen molar-refractivity contribution < 1.29 is 10.2 Å². The Morgan fingerprint density at radius 3 is 2.50 bits per heavy atom. The number of aromatic hydroxyl groups is 2. The monoisotopic (exact) mass is 313 g/mol. The number of phenols is 2. The van der Waals surface area contributed by atoms with E-state index in [1.807, 2.05) is 24.3 Å². The Morgan fingerprint density at radius 2 is 1.86 bits per heavy atom. The number of nitrogens with one attached hydrogen (secondary N) is 1. The highest BCUT2D eigenvalue weighted by atomic mass is 32.1. The number of rotatable bonds is 3. The van der Waals surface area contributed by atoms with Crippen molar-refractivity contribution in [3.8, 4) is 28.6 Å². The molecule has 2 aromatic carbocycles. The predicted molar refractivity (Wildman–Crippen MR) is 86.9 cm³/mol. The van der Waals surface area contributed by atoms with Crippen molar-refractivity contribution in [2.24, 2.45) is 0 Å². The third-order valence-corrected chi connectivity index (χ3v) is 3.77. The highest BCUT2D eigenvalue weighted by molar-refractivity contribution is 7.71. The predicted octanol–water partition coefficient (Wildman–Crippen LogP) is 3.57. The highest BCUT2D eigenvalue weighted by Gasteiger charge is 2.14. The number of nitrogens with zero attached hydrogens (tertiary/aromatic N) is 2. The fourth-order valence-corrected chi connectivity index (χ4v) is 2.54. The number of benzene rings is 2. The summed E-state index contributed by atoms with van der Waals surface area (Å²) in [4.78, 5) is 0. The van der Waals surface area contributed by atoms with Crippen LogP contribution in [0.15, 0.2) is 42.5 Å². The highest BCUT2D eigenvalue weighted by Crippen LogP contribution is 2.32. The zero-order valence-electron chi connectivity index (χ0n) is 11.9. The van der Waals surface area contributed by atoms with Gasteiger partial charge in [0.05, 0.1) is 5.56 Å². The molecule has 6 heteroatoms. The molecule has 0 radical (unpaired) electrons. The quantitative estimate of drug-likeness (QED) is 0.646. The van der Waals surface area contributed by atoms with Crippen LogP contribution in [0.4, 0.5) is 0 Å². The third kappa shape index (κ3) is 2.48. The largest absolute Gasteiger partial charge is 0.508 e. The van der Waals surface area contributed by atoms with Gasteiger partial charge < -0.3 is 10.2 Å². The molecule has 0 aliphatic rings. The fraction of sp³-hybridized carbons (Fsp3) is 0.125. The van der Waals surface area contributed by atoms with Crippen LogP contribution in [0.3, 0.4) is 0 Å². The van der Waals surface area contributed by atoms with Gasteiger partial charge in [-0.2, -0.15) is 5.10 Å². The third-order valence-electron chi connectivity index (χ3n) is 3.50. The molecular formula is C16H15N3O2S. The standard InChI is InChI=1S/C16H15N3O2S/c1-2-10-3-5-11(6-4-10)19-15(17-18-16(19)22)13-8-7-12(20)9-14(13)21/h3-9,20-21H,2H2,1H3,(H,18,22).